The van der Waals surface area contributed by atoms with Gasteiger partial charge in [-0.1, -0.05) is 0 Å². The van der Waals surface area contributed by atoms with Crippen molar-refractivity contribution >= 4 is 11.5 Å². The summed E-state index contributed by atoms with van der Waals surface area (Å²) in [6, 6.07) is 3.27. The minimum Gasteiger partial charge on any atom is -0.371 e. The van der Waals surface area contributed by atoms with Crippen molar-refractivity contribution in [3.63, 3.8) is 0 Å². The first-order valence-electron chi connectivity index (χ1n) is 4.98. The number of anilines is 1. The van der Waals surface area contributed by atoms with Crippen LogP contribution in [-0.2, 0) is 13.6 Å². The smallest absolute Gasteiger partial charge is 0.371 e. The van der Waals surface area contributed by atoms with Crippen LogP contribution in [0, 0.1) is 10.1 Å². The molecule has 2 aromatic rings. The third-order valence-corrected chi connectivity index (χ3v) is 2.32. The summed E-state index contributed by atoms with van der Waals surface area (Å²) in [6.07, 6.45) is 4.88. The molecule has 0 aliphatic rings. The van der Waals surface area contributed by atoms with E-state index >= 15 is 0 Å². The topological polar surface area (TPSA) is 85.9 Å². The largest absolute Gasteiger partial charge is 0.386 e. The van der Waals surface area contributed by atoms with Gasteiger partial charge in [-0.3, -0.25) is 0 Å². The first kappa shape index (κ1) is 11.1. The highest BCUT2D eigenvalue weighted by Crippen LogP contribution is 2.20. The number of aromatic nitrogens is 3. The lowest BCUT2D eigenvalue weighted by Crippen LogP contribution is -2.07. The van der Waals surface area contributed by atoms with Crippen molar-refractivity contribution in [1.29, 1.82) is 0 Å². The summed E-state index contributed by atoms with van der Waals surface area (Å²) in [5.74, 6) is 0.616. The van der Waals surface area contributed by atoms with Gasteiger partial charge in [0.2, 0.25) is 0 Å². The average molecular weight is 233 g/mol. The normalized spacial score (nSPS) is 10.2. The molecule has 1 N–H and O–H groups in total. The lowest BCUT2D eigenvalue weighted by Gasteiger charge is -2.06. The van der Waals surface area contributed by atoms with Crippen LogP contribution in [0.1, 0.15) is 5.82 Å². The monoisotopic (exact) mass is 233 g/mol. The highest BCUT2D eigenvalue weighted by Gasteiger charge is 2.13. The Morgan fingerprint density at radius 3 is 2.94 bits per heavy atom. The predicted molar refractivity (Wildman–Crippen MR) is 61.4 cm³/mol. The number of nitro groups is 1. The molecule has 17 heavy (non-hydrogen) atoms. The Morgan fingerprint density at radius 2 is 2.29 bits per heavy atom. The van der Waals surface area contributed by atoms with Crippen LogP contribution in [0.2, 0.25) is 0 Å². The second-order valence-electron chi connectivity index (χ2n) is 3.44. The van der Waals surface area contributed by atoms with Crippen LogP contribution in [-0.4, -0.2) is 19.5 Å². The van der Waals surface area contributed by atoms with Crippen molar-refractivity contribution in [2.45, 2.75) is 6.54 Å². The second kappa shape index (κ2) is 4.60. The summed E-state index contributed by atoms with van der Waals surface area (Å²) in [5, 5.41) is 13.7. The summed E-state index contributed by atoms with van der Waals surface area (Å²) in [7, 11) is 1.86. The summed E-state index contributed by atoms with van der Waals surface area (Å²) in [5.41, 5.74) is 0.389. The zero-order valence-electron chi connectivity index (χ0n) is 9.20. The predicted octanol–water partition coefficient (Wildman–Crippen LogP) is 1.34. The van der Waals surface area contributed by atoms with Crippen LogP contribution < -0.4 is 5.32 Å². The molecule has 88 valence electrons. The van der Waals surface area contributed by atoms with Gasteiger partial charge >= 0.3 is 5.82 Å². The van der Waals surface area contributed by atoms with Gasteiger partial charge < -0.3 is 20.0 Å². The number of hydrogen-bond donors (Lipinski definition) is 1. The Kier molecular flexibility index (Phi) is 2.99. The Hall–Kier alpha value is -2.44. The number of nitrogens with zero attached hydrogens (tertiary/aromatic N) is 4. The molecule has 0 unspecified atom stereocenters. The fraction of sp³-hybridized carbons (Fsp3) is 0.200. The molecule has 0 bridgehead atoms. The fourth-order valence-electron chi connectivity index (χ4n) is 1.42. The molecular weight excluding hydrogens is 222 g/mol. The minimum atomic E-state index is -0.513. The first-order valence-corrected chi connectivity index (χ1v) is 4.98. The highest BCUT2D eigenvalue weighted by molar-refractivity contribution is 5.56. The molecule has 0 saturated heterocycles. The molecule has 0 spiro atoms. The Morgan fingerprint density at radius 1 is 1.47 bits per heavy atom. The van der Waals surface area contributed by atoms with Gasteiger partial charge in [-0.05, 0) is 22.0 Å². The van der Waals surface area contributed by atoms with E-state index in [1.165, 1.54) is 6.20 Å². The van der Waals surface area contributed by atoms with Crippen molar-refractivity contribution in [2.24, 2.45) is 7.05 Å². The molecule has 0 saturated carbocycles. The van der Waals surface area contributed by atoms with Gasteiger partial charge in [-0.25, -0.2) is 4.98 Å². The SMILES string of the molecule is Cn1ccnc1CNc1cccnc1[N+](=O)[O-]. The van der Waals surface area contributed by atoms with Gasteiger partial charge in [-0.2, -0.15) is 0 Å². The van der Waals surface area contributed by atoms with Gasteiger partial charge in [0.25, 0.3) is 0 Å². The molecule has 0 amide bonds. The van der Waals surface area contributed by atoms with Crippen molar-refractivity contribution < 1.29 is 4.92 Å². The van der Waals surface area contributed by atoms with E-state index < -0.39 is 4.92 Å². The first-order chi connectivity index (χ1) is 8.18. The summed E-state index contributed by atoms with van der Waals surface area (Å²) < 4.78 is 1.84. The van der Waals surface area contributed by atoms with Crippen LogP contribution in [0.15, 0.2) is 30.7 Å². The molecule has 2 heterocycles. The van der Waals surface area contributed by atoms with Crippen molar-refractivity contribution in [1.82, 2.24) is 14.5 Å². The summed E-state index contributed by atoms with van der Waals surface area (Å²) in [6.45, 7) is 0.413. The van der Waals surface area contributed by atoms with Gasteiger partial charge in [0.1, 0.15) is 17.7 Å². The van der Waals surface area contributed by atoms with Crippen molar-refractivity contribution in [3.8, 4) is 0 Å². The fourth-order valence-corrected chi connectivity index (χ4v) is 1.42. The molecule has 7 nitrogen and oxygen atoms in total. The van der Waals surface area contributed by atoms with Crippen LogP contribution in [0.3, 0.4) is 0 Å². The van der Waals surface area contributed by atoms with Crippen LogP contribution in [0.25, 0.3) is 0 Å². The van der Waals surface area contributed by atoms with Crippen LogP contribution in [0.4, 0.5) is 11.5 Å². The number of aryl methyl sites for hydroxylation is 1. The zero-order valence-corrected chi connectivity index (χ0v) is 9.20. The zero-order chi connectivity index (χ0) is 12.3. The quantitative estimate of drug-likeness (QED) is 0.636. The van der Waals surface area contributed by atoms with E-state index in [2.05, 4.69) is 15.3 Å². The van der Waals surface area contributed by atoms with E-state index in [1.807, 2.05) is 17.8 Å². The summed E-state index contributed by atoms with van der Waals surface area (Å²) in [4.78, 5) is 18.0. The molecule has 0 atom stereocenters. The Bertz CT molecular complexity index is 537. The van der Waals surface area contributed by atoms with Gasteiger partial charge in [0, 0.05) is 19.4 Å². The second-order valence-corrected chi connectivity index (χ2v) is 3.44. The van der Waals surface area contributed by atoms with Gasteiger partial charge in [0.15, 0.2) is 0 Å². The molecule has 2 rings (SSSR count). The molecule has 0 fully saturated rings. The summed E-state index contributed by atoms with van der Waals surface area (Å²) >= 11 is 0. The molecule has 0 radical (unpaired) electrons. The molecule has 7 heteroatoms. The third-order valence-electron chi connectivity index (χ3n) is 2.32. The van der Waals surface area contributed by atoms with Gasteiger partial charge in [0.05, 0.1) is 6.54 Å². The molecular formula is C10H11N5O2. The minimum absolute atomic E-state index is 0.179. The van der Waals surface area contributed by atoms with E-state index in [4.69, 9.17) is 0 Å². The van der Waals surface area contributed by atoms with E-state index in [-0.39, 0.29) is 5.82 Å². The highest BCUT2D eigenvalue weighted by atomic mass is 16.6. The van der Waals surface area contributed by atoms with Crippen LogP contribution in [0.5, 0.6) is 0 Å². The maximum Gasteiger partial charge on any atom is 0.386 e. The number of hydrogen-bond acceptors (Lipinski definition) is 5. The number of nitrogens with one attached hydrogen (secondary N) is 1. The molecule has 2 aromatic heterocycles. The van der Waals surface area contributed by atoms with Crippen molar-refractivity contribution in [3.05, 3.63) is 46.7 Å². The Labute approximate surface area is 97.3 Å². The maximum absolute atomic E-state index is 10.7. The third kappa shape index (κ3) is 2.39. The van der Waals surface area contributed by atoms with Crippen LogP contribution >= 0.6 is 0 Å². The Balaban J connectivity index is 2.14. The van der Waals surface area contributed by atoms with E-state index in [0.29, 0.717) is 12.2 Å². The average Bonchev–Trinajstić information content (AvgIpc) is 2.72. The molecule has 0 aliphatic carbocycles. The number of pyridine rings is 1. The number of rotatable bonds is 4. The molecule has 0 aromatic carbocycles. The lowest BCUT2D eigenvalue weighted by atomic mass is 10.4. The molecule has 0 aliphatic heterocycles. The standard InChI is InChI=1S/C10H11N5O2/c1-14-6-5-11-9(14)7-13-8-3-2-4-12-10(8)15(16)17/h2-6,13H,7H2,1H3. The van der Waals surface area contributed by atoms with E-state index in [9.17, 15) is 10.1 Å². The maximum atomic E-state index is 10.7. The van der Waals surface area contributed by atoms with Crippen molar-refractivity contribution in [2.75, 3.05) is 5.32 Å². The van der Waals surface area contributed by atoms with E-state index in [0.717, 1.165) is 5.82 Å². The van der Waals surface area contributed by atoms with Gasteiger partial charge in [-0.15, -0.1) is 0 Å². The lowest BCUT2D eigenvalue weighted by molar-refractivity contribution is -0.388. The van der Waals surface area contributed by atoms with E-state index in [1.54, 1.807) is 18.3 Å². The number of imidazole rings is 1.